The second kappa shape index (κ2) is 8.93. The van der Waals surface area contributed by atoms with Crippen molar-refractivity contribution in [3.8, 4) is 21.6 Å². The number of thiophene rings is 1. The average molecular weight is 475 g/mol. The maximum absolute atomic E-state index is 12.8. The van der Waals surface area contributed by atoms with Crippen molar-refractivity contribution >= 4 is 41.3 Å². The number of halogens is 2. The van der Waals surface area contributed by atoms with Crippen LogP contribution in [0.25, 0.3) is 21.6 Å². The Balaban J connectivity index is 0.00000272. The summed E-state index contributed by atoms with van der Waals surface area (Å²) in [5, 5.41) is 2.77. The standard InChI is InChI=1S/C25H27ClN2OS.ClH/c1-15(2)28-9-7-16-10-19(21(26)13-20(16)24(28)29)18-11-22(30-14-18)17-6-8-27-23(12-17)25(3,4)5;/h6,8,10-15H,7,9H2,1-5H3;1H. The Labute approximate surface area is 199 Å². The first-order valence-corrected chi connectivity index (χ1v) is 11.6. The Morgan fingerprint density at radius 1 is 1.10 bits per heavy atom. The van der Waals surface area contributed by atoms with E-state index in [2.05, 4.69) is 69.2 Å². The van der Waals surface area contributed by atoms with Crippen LogP contribution in [0.1, 0.15) is 56.2 Å². The summed E-state index contributed by atoms with van der Waals surface area (Å²) in [4.78, 5) is 20.5. The molecule has 6 heteroatoms. The molecule has 0 N–H and O–H groups in total. The van der Waals surface area contributed by atoms with Crippen LogP contribution in [0.4, 0.5) is 0 Å². The summed E-state index contributed by atoms with van der Waals surface area (Å²) < 4.78 is 0. The summed E-state index contributed by atoms with van der Waals surface area (Å²) in [5.41, 5.74) is 6.17. The molecule has 0 aliphatic carbocycles. The molecular weight excluding hydrogens is 447 g/mol. The molecule has 2 aromatic heterocycles. The van der Waals surface area contributed by atoms with Crippen molar-refractivity contribution in [2.75, 3.05) is 6.54 Å². The molecule has 1 aliphatic heterocycles. The summed E-state index contributed by atoms with van der Waals surface area (Å²) in [6.07, 6.45) is 2.74. The van der Waals surface area contributed by atoms with Gasteiger partial charge in [0, 0.05) is 50.9 Å². The third-order valence-electron chi connectivity index (χ3n) is 5.65. The molecule has 1 amide bonds. The van der Waals surface area contributed by atoms with Gasteiger partial charge in [0.2, 0.25) is 0 Å². The second-order valence-electron chi connectivity index (χ2n) is 9.21. The van der Waals surface area contributed by atoms with E-state index in [-0.39, 0.29) is 29.8 Å². The van der Waals surface area contributed by atoms with Crippen molar-refractivity contribution < 1.29 is 4.79 Å². The number of rotatable bonds is 3. The largest absolute Gasteiger partial charge is 0.336 e. The van der Waals surface area contributed by atoms with E-state index in [1.54, 1.807) is 11.3 Å². The highest BCUT2D eigenvalue weighted by Crippen LogP contribution is 2.38. The van der Waals surface area contributed by atoms with Crippen LogP contribution < -0.4 is 0 Å². The quantitative estimate of drug-likeness (QED) is 0.400. The van der Waals surface area contributed by atoms with Crippen LogP contribution in [0.5, 0.6) is 0 Å². The molecule has 0 fully saturated rings. The third kappa shape index (κ3) is 4.67. The molecule has 0 bridgehead atoms. The summed E-state index contributed by atoms with van der Waals surface area (Å²) in [6, 6.07) is 10.6. The van der Waals surface area contributed by atoms with Gasteiger partial charge in [-0.3, -0.25) is 9.78 Å². The van der Waals surface area contributed by atoms with E-state index in [0.29, 0.717) is 5.02 Å². The normalized spacial score (nSPS) is 13.9. The van der Waals surface area contributed by atoms with Crippen molar-refractivity contribution in [2.24, 2.45) is 0 Å². The van der Waals surface area contributed by atoms with Crippen LogP contribution in [0.3, 0.4) is 0 Å². The molecule has 0 saturated carbocycles. The number of amides is 1. The monoisotopic (exact) mass is 474 g/mol. The van der Waals surface area contributed by atoms with E-state index in [1.165, 1.54) is 10.4 Å². The number of hydrogen-bond acceptors (Lipinski definition) is 3. The van der Waals surface area contributed by atoms with E-state index in [1.807, 2.05) is 17.2 Å². The molecule has 4 rings (SSSR count). The van der Waals surface area contributed by atoms with E-state index in [9.17, 15) is 4.79 Å². The summed E-state index contributed by atoms with van der Waals surface area (Å²) in [5.74, 6) is 0.0807. The molecule has 1 aliphatic rings. The number of carbonyl (C=O) groups excluding carboxylic acids is 1. The zero-order valence-electron chi connectivity index (χ0n) is 18.5. The van der Waals surface area contributed by atoms with Crippen LogP contribution in [0.2, 0.25) is 5.02 Å². The van der Waals surface area contributed by atoms with Crippen LogP contribution in [-0.4, -0.2) is 28.4 Å². The number of hydrogen-bond donors (Lipinski definition) is 0. The lowest BCUT2D eigenvalue weighted by Crippen LogP contribution is -2.42. The van der Waals surface area contributed by atoms with Gasteiger partial charge in [-0.15, -0.1) is 23.7 Å². The van der Waals surface area contributed by atoms with Crippen molar-refractivity contribution in [1.82, 2.24) is 9.88 Å². The molecule has 0 saturated heterocycles. The van der Waals surface area contributed by atoms with Crippen molar-refractivity contribution in [1.29, 1.82) is 0 Å². The second-order valence-corrected chi connectivity index (χ2v) is 10.5. The van der Waals surface area contributed by atoms with Gasteiger partial charge < -0.3 is 4.90 Å². The summed E-state index contributed by atoms with van der Waals surface area (Å²) in [6.45, 7) is 11.4. The molecule has 1 aromatic carbocycles. The fourth-order valence-electron chi connectivity index (χ4n) is 3.86. The predicted octanol–water partition coefficient (Wildman–Crippen LogP) is 7.26. The zero-order chi connectivity index (χ0) is 21.6. The van der Waals surface area contributed by atoms with Gasteiger partial charge in [-0.2, -0.15) is 0 Å². The summed E-state index contributed by atoms with van der Waals surface area (Å²) >= 11 is 8.36. The molecule has 0 unspecified atom stereocenters. The number of carbonyl (C=O) groups is 1. The predicted molar refractivity (Wildman–Crippen MR) is 134 cm³/mol. The highest BCUT2D eigenvalue weighted by atomic mass is 35.5. The third-order valence-corrected chi connectivity index (χ3v) is 6.94. The maximum Gasteiger partial charge on any atom is 0.254 e. The van der Waals surface area contributed by atoms with Gasteiger partial charge >= 0.3 is 0 Å². The van der Waals surface area contributed by atoms with Crippen molar-refractivity contribution in [2.45, 2.75) is 52.5 Å². The number of fused-ring (bicyclic) bond motifs is 1. The smallest absolute Gasteiger partial charge is 0.254 e. The Morgan fingerprint density at radius 3 is 2.52 bits per heavy atom. The lowest BCUT2D eigenvalue weighted by molar-refractivity contribution is 0.0688. The van der Waals surface area contributed by atoms with E-state index < -0.39 is 0 Å². The highest BCUT2D eigenvalue weighted by Gasteiger charge is 2.27. The number of aromatic nitrogens is 1. The van der Waals surface area contributed by atoms with Gasteiger partial charge in [0.1, 0.15) is 0 Å². The van der Waals surface area contributed by atoms with E-state index in [0.717, 1.165) is 40.9 Å². The minimum Gasteiger partial charge on any atom is -0.336 e. The zero-order valence-corrected chi connectivity index (χ0v) is 20.9. The fourth-order valence-corrected chi connectivity index (χ4v) is 5.04. The summed E-state index contributed by atoms with van der Waals surface area (Å²) in [7, 11) is 0. The van der Waals surface area contributed by atoms with Gasteiger partial charge in [-0.25, -0.2) is 0 Å². The van der Waals surface area contributed by atoms with E-state index in [4.69, 9.17) is 11.6 Å². The molecule has 0 radical (unpaired) electrons. The van der Waals surface area contributed by atoms with Crippen LogP contribution >= 0.6 is 35.3 Å². The Hall–Kier alpha value is -1.88. The van der Waals surface area contributed by atoms with Gasteiger partial charge in [-0.05, 0) is 72.7 Å². The van der Waals surface area contributed by atoms with E-state index >= 15 is 0 Å². The SMILES string of the molecule is CC(C)N1CCc2cc(-c3csc(-c4ccnc(C(C)(C)C)c4)c3)c(Cl)cc2C1=O.Cl. The fraction of sp³-hybridized carbons (Fsp3) is 0.360. The van der Waals surface area contributed by atoms with Crippen molar-refractivity contribution in [3.05, 3.63) is 63.8 Å². The maximum atomic E-state index is 12.8. The lowest BCUT2D eigenvalue weighted by atomic mass is 9.90. The molecule has 3 heterocycles. The molecule has 3 aromatic rings. The van der Waals surface area contributed by atoms with Gasteiger partial charge in [-0.1, -0.05) is 32.4 Å². The van der Waals surface area contributed by atoms with Crippen LogP contribution in [-0.2, 0) is 11.8 Å². The number of benzene rings is 1. The van der Waals surface area contributed by atoms with Crippen LogP contribution in [0, 0.1) is 0 Å². The lowest BCUT2D eigenvalue weighted by Gasteiger charge is -2.32. The first kappa shape index (κ1) is 23.8. The Morgan fingerprint density at radius 2 is 1.84 bits per heavy atom. The van der Waals surface area contributed by atoms with Crippen molar-refractivity contribution in [3.63, 3.8) is 0 Å². The minimum atomic E-state index is 0. The van der Waals surface area contributed by atoms with Gasteiger partial charge in [0.15, 0.2) is 0 Å². The first-order valence-electron chi connectivity index (χ1n) is 10.3. The molecule has 0 spiro atoms. The highest BCUT2D eigenvalue weighted by molar-refractivity contribution is 7.14. The molecule has 0 atom stereocenters. The molecule has 164 valence electrons. The minimum absolute atomic E-state index is 0. The molecule has 3 nitrogen and oxygen atoms in total. The number of nitrogens with zero attached hydrogens (tertiary/aromatic N) is 2. The van der Waals surface area contributed by atoms with Crippen LogP contribution in [0.15, 0.2) is 41.9 Å². The average Bonchev–Trinajstić information content (AvgIpc) is 3.17. The first-order chi connectivity index (χ1) is 14.1. The Bertz CT molecular complexity index is 1110. The number of pyridine rings is 1. The Kier molecular flexibility index (Phi) is 6.85. The van der Waals surface area contributed by atoms with Gasteiger partial charge in [0.05, 0.1) is 0 Å². The molecule has 31 heavy (non-hydrogen) atoms. The van der Waals surface area contributed by atoms with Gasteiger partial charge in [0.25, 0.3) is 5.91 Å². The molecular formula is C25H28Cl2N2OS. The topological polar surface area (TPSA) is 33.2 Å².